The summed E-state index contributed by atoms with van der Waals surface area (Å²) in [5, 5.41) is 0. The van der Waals surface area contributed by atoms with Crippen LogP contribution in [0, 0.1) is 5.41 Å². The fourth-order valence-corrected chi connectivity index (χ4v) is 3.54. The quantitative estimate of drug-likeness (QED) is 0.308. The third-order valence-corrected chi connectivity index (χ3v) is 4.91. The number of amides is 1. The summed E-state index contributed by atoms with van der Waals surface area (Å²) in [6.45, 7) is 9.65. The lowest BCUT2D eigenvalue weighted by Gasteiger charge is -2.40. The highest BCUT2D eigenvalue weighted by molar-refractivity contribution is 6.28. The van der Waals surface area contributed by atoms with Gasteiger partial charge >= 0.3 is 5.91 Å². The van der Waals surface area contributed by atoms with Crippen molar-refractivity contribution in [3.05, 3.63) is 23.6 Å². The van der Waals surface area contributed by atoms with Crippen LogP contribution in [0.15, 0.2) is 23.6 Å². The Morgan fingerprint density at radius 1 is 1.24 bits per heavy atom. The predicted octanol–water partition coefficient (Wildman–Crippen LogP) is 4.99. The fraction of sp³-hybridized carbons (Fsp3) is 0.750. The summed E-state index contributed by atoms with van der Waals surface area (Å²) in [4.78, 5) is 13.0. The zero-order chi connectivity index (χ0) is 19.1. The van der Waals surface area contributed by atoms with E-state index in [-0.39, 0.29) is 15.8 Å². The van der Waals surface area contributed by atoms with Crippen molar-refractivity contribution in [1.29, 1.82) is 0 Å². The molecule has 25 heavy (non-hydrogen) atoms. The first-order valence-electron chi connectivity index (χ1n) is 9.37. The van der Waals surface area contributed by atoms with E-state index in [0.717, 1.165) is 43.6 Å². The second-order valence-corrected chi connectivity index (χ2v) is 8.13. The van der Waals surface area contributed by atoms with E-state index in [9.17, 15) is 4.79 Å². The minimum atomic E-state index is -0.951. The normalized spacial score (nSPS) is 18.4. The number of hydrogen-bond acceptors (Lipinski definition) is 3. The van der Waals surface area contributed by atoms with E-state index in [1.807, 2.05) is 20.2 Å². The molecule has 1 rings (SSSR count). The van der Waals surface area contributed by atoms with Crippen LogP contribution in [0.4, 0.5) is 0 Å². The van der Waals surface area contributed by atoms with E-state index >= 15 is 0 Å². The maximum atomic E-state index is 13.0. The van der Waals surface area contributed by atoms with Gasteiger partial charge in [-0.25, -0.2) is 9.28 Å². The molecule has 1 amide bonds. The van der Waals surface area contributed by atoms with Crippen molar-refractivity contribution in [2.75, 3.05) is 27.3 Å². The van der Waals surface area contributed by atoms with Gasteiger partial charge in [0.25, 0.3) is 0 Å². The van der Waals surface area contributed by atoms with Crippen LogP contribution in [0.2, 0.25) is 0 Å². The molecule has 1 aliphatic rings. The van der Waals surface area contributed by atoms with Crippen LogP contribution >= 0.6 is 11.6 Å². The van der Waals surface area contributed by atoms with Gasteiger partial charge in [-0.1, -0.05) is 58.2 Å². The van der Waals surface area contributed by atoms with Crippen LogP contribution in [-0.4, -0.2) is 43.3 Å². The van der Waals surface area contributed by atoms with Crippen molar-refractivity contribution in [3.8, 4) is 0 Å². The Morgan fingerprint density at radius 2 is 1.84 bits per heavy atom. The standard InChI is InChI=1S/C20H35ClNO3/c1-7-9-14-24-16-12-11-13-20(3,4)17(16)22(5,6)19(23)18(21)25-15-10-8-2/h11-12,18H,7-10,13-15H2,1-6H3/q+1. The molecule has 1 atom stereocenters. The molecule has 0 bridgehead atoms. The zero-order valence-corrected chi connectivity index (χ0v) is 17.5. The molecule has 0 N–H and O–H groups in total. The number of quaternary nitrogens is 1. The highest BCUT2D eigenvalue weighted by Crippen LogP contribution is 2.42. The van der Waals surface area contributed by atoms with Gasteiger partial charge in [-0.15, -0.1) is 0 Å². The van der Waals surface area contributed by atoms with E-state index < -0.39 is 5.56 Å². The molecular weight excluding hydrogens is 338 g/mol. The molecule has 0 saturated carbocycles. The van der Waals surface area contributed by atoms with Crippen molar-refractivity contribution in [3.63, 3.8) is 0 Å². The van der Waals surface area contributed by atoms with Gasteiger partial charge in [-0.3, -0.25) is 0 Å². The number of allylic oxidation sites excluding steroid dienone is 3. The third-order valence-electron chi connectivity index (χ3n) is 4.59. The zero-order valence-electron chi connectivity index (χ0n) is 16.7. The molecular formula is C20H35ClNO3+. The van der Waals surface area contributed by atoms with Gasteiger partial charge < -0.3 is 9.47 Å². The molecule has 0 spiro atoms. The highest BCUT2D eigenvalue weighted by Gasteiger charge is 2.47. The Balaban J connectivity index is 3.09. The summed E-state index contributed by atoms with van der Waals surface area (Å²) in [5.41, 5.74) is -0.177. The van der Waals surface area contributed by atoms with Gasteiger partial charge in [0.2, 0.25) is 5.56 Å². The summed E-state index contributed by atoms with van der Waals surface area (Å²) in [5.74, 6) is 0.633. The average molecular weight is 373 g/mol. The average Bonchev–Trinajstić information content (AvgIpc) is 2.53. The molecule has 0 aromatic rings. The smallest absolute Gasteiger partial charge is 0.362 e. The van der Waals surface area contributed by atoms with Gasteiger partial charge in [0.1, 0.15) is 0 Å². The molecule has 0 aromatic heterocycles. The number of rotatable bonds is 10. The monoisotopic (exact) mass is 372 g/mol. The number of ether oxygens (including phenoxy) is 2. The number of halogens is 1. The van der Waals surface area contributed by atoms with Gasteiger partial charge in [-0.05, 0) is 25.3 Å². The van der Waals surface area contributed by atoms with Crippen molar-refractivity contribution in [2.24, 2.45) is 5.41 Å². The fourth-order valence-electron chi connectivity index (χ4n) is 3.21. The first-order chi connectivity index (χ1) is 11.7. The Hall–Kier alpha value is -0.840. The number of hydrogen-bond donors (Lipinski definition) is 0. The second kappa shape index (κ2) is 9.75. The van der Waals surface area contributed by atoms with Gasteiger partial charge in [0.05, 0.1) is 20.7 Å². The Bertz CT molecular complexity index is 509. The van der Waals surface area contributed by atoms with Crippen LogP contribution in [-0.2, 0) is 14.3 Å². The number of carbonyl (C=O) groups is 1. The Kier molecular flexibility index (Phi) is 8.66. The molecule has 144 valence electrons. The van der Waals surface area contributed by atoms with Crippen molar-refractivity contribution < 1.29 is 18.8 Å². The molecule has 0 saturated heterocycles. The highest BCUT2D eigenvalue weighted by atomic mass is 35.5. The topological polar surface area (TPSA) is 35.5 Å². The minimum Gasteiger partial charge on any atom is -0.488 e. The van der Waals surface area contributed by atoms with Crippen LogP contribution in [0.5, 0.6) is 0 Å². The van der Waals surface area contributed by atoms with E-state index in [2.05, 4.69) is 33.8 Å². The maximum absolute atomic E-state index is 13.0. The summed E-state index contributed by atoms with van der Waals surface area (Å²) >= 11 is 6.27. The first kappa shape index (κ1) is 22.2. The van der Waals surface area contributed by atoms with Crippen LogP contribution < -0.4 is 0 Å². The van der Waals surface area contributed by atoms with Crippen LogP contribution in [0.1, 0.15) is 59.8 Å². The van der Waals surface area contributed by atoms with Crippen molar-refractivity contribution in [2.45, 2.75) is 65.4 Å². The molecule has 5 heteroatoms. The molecule has 1 unspecified atom stereocenters. The number of nitrogens with zero attached hydrogens (tertiary/aromatic N) is 1. The molecule has 0 heterocycles. The lowest BCUT2D eigenvalue weighted by Crippen LogP contribution is -2.53. The first-order valence-corrected chi connectivity index (χ1v) is 9.80. The largest absolute Gasteiger partial charge is 0.488 e. The van der Waals surface area contributed by atoms with Crippen molar-refractivity contribution >= 4 is 17.5 Å². The summed E-state index contributed by atoms with van der Waals surface area (Å²) in [6.07, 6.45) is 8.94. The molecule has 4 nitrogen and oxygen atoms in total. The molecule has 0 radical (unpaired) electrons. The summed E-state index contributed by atoms with van der Waals surface area (Å²) < 4.78 is 11.6. The second-order valence-electron chi connectivity index (χ2n) is 7.74. The van der Waals surface area contributed by atoms with Crippen LogP contribution in [0.25, 0.3) is 0 Å². The Labute approximate surface area is 158 Å². The summed E-state index contributed by atoms with van der Waals surface area (Å²) in [7, 11) is 3.75. The molecule has 0 aromatic carbocycles. The van der Waals surface area contributed by atoms with Crippen LogP contribution in [0.3, 0.4) is 0 Å². The minimum absolute atomic E-state index is 0.0408. The van der Waals surface area contributed by atoms with Gasteiger partial charge in [-0.2, -0.15) is 0 Å². The molecule has 0 aliphatic heterocycles. The number of carbonyl (C=O) groups excluding carboxylic acids is 1. The van der Waals surface area contributed by atoms with Gasteiger partial charge in [0, 0.05) is 12.0 Å². The summed E-state index contributed by atoms with van der Waals surface area (Å²) in [6, 6.07) is 0. The van der Waals surface area contributed by atoms with E-state index in [1.54, 1.807) is 0 Å². The molecule has 0 fully saturated rings. The van der Waals surface area contributed by atoms with E-state index in [0.29, 0.717) is 13.2 Å². The SMILES string of the molecule is CCCCOC1=C([N+](C)(C)C(=O)C(Cl)OCCCC)C(C)(C)CC=C1. The lowest BCUT2D eigenvalue weighted by molar-refractivity contribution is -0.783. The predicted molar refractivity (Wildman–Crippen MR) is 103 cm³/mol. The van der Waals surface area contributed by atoms with Gasteiger partial charge in [0.15, 0.2) is 11.5 Å². The van der Waals surface area contributed by atoms with E-state index in [4.69, 9.17) is 21.1 Å². The lowest BCUT2D eigenvalue weighted by atomic mass is 9.80. The van der Waals surface area contributed by atoms with E-state index in [1.165, 1.54) is 0 Å². The molecule has 1 aliphatic carbocycles. The maximum Gasteiger partial charge on any atom is 0.362 e. The number of likely N-dealkylation sites (N-methyl/N-ethyl adjacent to an activating group) is 1. The van der Waals surface area contributed by atoms with Crippen molar-refractivity contribution in [1.82, 2.24) is 0 Å². The number of unbranched alkanes of at least 4 members (excludes halogenated alkanes) is 2. The Morgan fingerprint density at radius 3 is 2.44 bits per heavy atom. The third kappa shape index (κ3) is 5.83. The number of alkyl halides is 1.